The largest absolute Gasteiger partial charge is 0.276 e. The molecule has 3 nitrogen and oxygen atoms in total. The summed E-state index contributed by atoms with van der Waals surface area (Å²) in [6.07, 6.45) is 3.99. The summed E-state index contributed by atoms with van der Waals surface area (Å²) >= 11 is 0. The number of halogens is 1. The van der Waals surface area contributed by atoms with Crippen LogP contribution in [0.15, 0.2) is 12.4 Å². The van der Waals surface area contributed by atoms with Crippen molar-refractivity contribution in [2.45, 2.75) is 6.42 Å². The van der Waals surface area contributed by atoms with Crippen molar-refractivity contribution in [2.24, 2.45) is 7.05 Å². The van der Waals surface area contributed by atoms with E-state index in [-0.39, 0.29) is 12.4 Å². The van der Waals surface area contributed by atoms with E-state index in [0.29, 0.717) is 6.42 Å². The molecule has 1 heterocycles. The highest BCUT2D eigenvalue weighted by Gasteiger charge is 1.91. The zero-order valence-electron chi connectivity index (χ0n) is 5.61. The molecule has 1 aromatic heterocycles. The van der Waals surface area contributed by atoms with Gasteiger partial charge in [0.25, 0.3) is 0 Å². The van der Waals surface area contributed by atoms with Crippen LogP contribution in [0, 0.1) is 11.3 Å². The van der Waals surface area contributed by atoms with Gasteiger partial charge in [-0.05, 0) is 0 Å². The van der Waals surface area contributed by atoms with Crippen LogP contribution in [-0.4, -0.2) is 9.78 Å². The standard InChI is InChI=1S/C6H7N3.ClH/c1-9-5-6(2-3-7)4-8-9;/h4-5H,2H2,1H3;1H. The van der Waals surface area contributed by atoms with Crippen LogP contribution < -0.4 is 0 Å². The predicted octanol–water partition coefficient (Wildman–Crippen LogP) is 0.908. The summed E-state index contributed by atoms with van der Waals surface area (Å²) in [6, 6.07) is 2.04. The van der Waals surface area contributed by atoms with E-state index in [9.17, 15) is 0 Å². The Morgan fingerprint density at radius 2 is 2.50 bits per heavy atom. The molecule has 1 rings (SSSR count). The van der Waals surface area contributed by atoms with Gasteiger partial charge < -0.3 is 0 Å². The molecular weight excluding hydrogens is 150 g/mol. The molecule has 0 fully saturated rings. The number of hydrogen-bond donors (Lipinski definition) is 0. The molecule has 0 aliphatic carbocycles. The lowest BCUT2D eigenvalue weighted by molar-refractivity contribution is 0.767. The van der Waals surface area contributed by atoms with Crippen molar-refractivity contribution in [3.63, 3.8) is 0 Å². The minimum absolute atomic E-state index is 0. The average molecular weight is 158 g/mol. The summed E-state index contributed by atoms with van der Waals surface area (Å²) in [4.78, 5) is 0. The van der Waals surface area contributed by atoms with Gasteiger partial charge in [0.05, 0.1) is 18.7 Å². The van der Waals surface area contributed by atoms with Crippen molar-refractivity contribution < 1.29 is 0 Å². The van der Waals surface area contributed by atoms with Crippen LogP contribution in [0.5, 0.6) is 0 Å². The molecule has 0 radical (unpaired) electrons. The van der Waals surface area contributed by atoms with E-state index in [4.69, 9.17) is 5.26 Å². The van der Waals surface area contributed by atoms with E-state index in [1.165, 1.54) is 0 Å². The van der Waals surface area contributed by atoms with Gasteiger partial charge >= 0.3 is 0 Å². The zero-order valence-corrected chi connectivity index (χ0v) is 6.43. The smallest absolute Gasteiger partial charge is 0.0670 e. The third-order valence-electron chi connectivity index (χ3n) is 1.04. The Balaban J connectivity index is 0.000000810. The summed E-state index contributed by atoms with van der Waals surface area (Å²) in [6.45, 7) is 0. The van der Waals surface area contributed by atoms with Gasteiger partial charge in [-0.15, -0.1) is 12.4 Å². The molecule has 1 aromatic rings. The van der Waals surface area contributed by atoms with E-state index < -0.39 is 0 Å². The lowest BCUT2D eigenvalue weighted by Gasteiger charge is -1.80. The van der Waals surface area contributed by atoms with Crippen molar-refractivity contribution in [3.05, 3.63) is 18.0 Å². The SMILES string of the molecule is Cl.Cn1cc(CC#N)cn1. The zero-order chi connectivity index (χ0) is 6.69. The lowest BCUT2D eigenvalue weighted by atomic mass is 10.3. The second-order valence-electron chi connectivity index (χ2n) is 1.86. The molecule has 10 heavy (non-hydrogen) atoms. The van der Waals surface area contributed by atoms with Crippen LogP contribution in [0.4, 0.5) is 0 Å². The normalized spacial score (nSPS) is 8.00. The Morgan fingerprint density at radius 1 is 1.80 bits per heavy atom. The van der Waals surface area contributed by atoms with Crippen LogP contribution >= 0.6 is 12.4 Å². The highest BCUT2D eigenvalue weighted by Crippen LogP contribution is 1.94. The Bertz CT molecular complexity index is 235. The van der Waals surface area contributed by atoms with Crippen LogP contribution in [0.2, 0.25) is 0 Å². The van der Waals surface area contributed by atoms with E-state index in [2.05, 4.69) is 5.10 Å². The van der Waals surface area contributed by atoms with Gasteiger partial charge in [0.1, 0.15) is 0 Å². The second kappa shape index (κ2) is 3.91. The summed E-state index contributed by atoms with van der Waals surface area (Å²) in [5.41, 5.74) is 0.972. The van der Waals surface area contributed by atoms with Crippen LogP contribution in [0.1, 0.15) is 5.56 Å². The van der Waals surface area contributed by atoms with Gasteiger partial charge in [0, 0.05) is 18.8 Å². The van der Waals surface area contributed by atoms with Crippen molar-refractivity contribution >= 4 is 12.4 Å². The van der Waals surface area contributed by atoms with E-state index in [1.807, 2.05) is 19.3 Å². The molecule has 0 aliphatic heterocycles. The number of rotatable bonds is 1. The minimum Gasteiger partial charge on any atom is -0.276 e. The molecule has 0 aromatic carbocycles. The summed E-state index contributed by atoms with van der Waals surface area (Å²) in [7, 11) is 1.83. The maximum atomic E-state index is 8.24. The summed E-state index contributed by atoms with van der Waals surface area (Å²) < 4.78 is 1.69. The van der Waals surface area contributed by atoms with Crippen molar-refractivity contribution in [3.8, 4) is 6.07 Å². The van der Waals surface area contributed by atoms with E-state index in [0.717, 1.165) is 5.56 Å². The molecule has 0 unspecified atom stereocenters. The Hall–Kier alpha value is -1.01. The Morgan fingerprint density at radius 3 is 2.90 bits per heavy atom. The number of aromatic nitrogens is 2. The second-order valence-corrected chi connectivity index (χ2v) is 1.86. The summed E-state index contributed by atoms with van der Waals surface area (Å²) in [5.74, 6) is 0. The van der Waals surface area contributed by atoms with Gasteiger partial charge in [0.15, 0.2) is 0 Å². The molecular formula is C6H8ClN3. The molecule has 0 spiro atoms. The molecule has 0 N–H and O–H groups in total. The number of nitriles is 1. The number of hydrogen-bond acceptors (Lipinski definition) is 2. The molecule has 0 aliphatic rings. The lowest BCUT2D eigenvalue weighted by Crippen LogP contribution is -1.84. The third-order valence-corrected chi connectivity index (χ3v) is 1.04. The van der Waals surface area contributed by atoms with Crippen molar-refractivity contribution in [2.75, 3.05) is 0 Å². The highest BCUT2D eigenvalue weighted by atomic mass is 35.5. The summed E-state index contributed by atoms with van der Waals surface area (Å²) in [5, 5.41) is 12.1. The topological polar surface area (TPSA) is 41.6 Å². The fraction of sp³-hybridized carbons (Fsp3) is 0.333. The van der Waals surface area contributed by atoms with Gasteiger partial charge in [-0.2, -0.15) is 10.4 Å². The first-order valence-electron chi connectivity index (χ1n) is 2.67. The monoisotopic (exact) mass is 157 g/mol. The molecule has 54 valence electrons. The molecule has 4 heteroatoms. The molecule has 0 bridgehead atoms. The van der Waals surface area contributed by atoms with Crippen LogP contribution in [0.3, 0.4) is 0 Å². The highest BCUT2D eigenvalue weighted by molar-refractivity contribution is 5.85. The van der Waals surface area contributed by atoms with Crippen molar-refractivity contribution in [1.29, 1.82) is 5.26 Å². The number of nitrogens with zero attached hydrogens (tertiary/aromatic N) is 3. The average Bonchev–Trinajstić information content (AvgIpc) is 2.17. The van der Waals surface area contributed by atoms with E-state index >= 15 is 0 Å². The van der Waals surface area contributed by atoms with Gasteiger partial charge in [-0.1, -0.05) is 0 Å². The maximum Gasteiger partial charge on any atom is 0.0670 e. The van der Waals surface area contributed by atoms with Crippen LogP contribution in [0.25, 0.3) is 0 Å². The first-order valence-corrected chi connectivity index (χ1v) is 2.67. The quantitative estimate of drug-likeness (QED) is 0.608. The first-order chi connectivity index (χ1) is 4.33. The van der Waals surface area contributed by atoms with Gasteiger partial charge in [0.2, 0.25) is 0 Å². The third kappa shape index (κ3) is 2.08. The van der Waals surface area contributed by atoms with Gasteiger partial charge in [-0.25, -0.2) is 0 Å². The molecule has 0 saturated carbocycles. The van der Waals surface area contributed by atoms with Crippen molar-refractivity contribution in [1.82, 2.24) is 9.78 Å². The molecule has 0 saturated heterocycles. The molecule has 0 amide bonds. The Kier molecular flexibility index (Phi) is 3.52. The fourth-order valence-corrected chi connectivity index (χ4v) is 0.654. The fourth-order valence-electron chi connectivity index (χ4n) is 0.654. The maximum absolute atomic E-state index is 8.24. The van der Waals surface area contributed by atoms with E-state index in [1.54, 1.807) is 10.9 Å². The number of aryl methyl sites for hydroxylation is 1. The predicted molar refractivity (Wildman–Crippen MR) is 39.8 cm³/mol. The Labute approximate surface area is 65.7 Å². The van der Waals surface area contributed by atoms with Gasteiger partial charge in [-0.3, -0.25) is 4.68 Å². The van der Waals surface area contributed by atoms with Crippen LogP contribution in [-0.2, 0) is 13.5 Å². The minimum atomic E-state index is 0. The molecule has 0 atom stereocenters. The first kappa shape index (κ1) is 8.99.